The molecule has 0 saturated carbocycles. The molecule has 0 unspecified atom stereocenters. The molecule has 6 rings (SSSR count). The number of likely N-dealkylation sites (tertiary alicyclic amines) is 1. The van der Waals surface area contributed by atoms with Crippen molar-refractivity contribution in [2.75, 3.05) is 24.5 Å². The van der Waals surface area contributed by atoms with E-state index in [1.807, 2.05) is 30.3 Å². The third kappa shape index (κ3) is 3.78. The van der Waals surface area contributed by atoms with Crippen LogP contribution in [0.5, 0.6) is 0 Å². The van der Waals surface area contributed by atoms with Gasteiger partial charge in [-0.15, -0.1) is 0 Å². The maximum Gasteiger partial charge on any atom is 0.253 e. The van der Waals surface area contributed by atoms with E-state index in [1.165, 1.54) is 12.4 Å². The summed E-state index contributed by atoms with van der Waals surface area (Å²) in [4.78, 5) is 30.7. The van der Waals surface area contributed by atoms with Crippen LogP contribution in [0.4, 0.5) is 15.9 Å². The van der Waals surface area contributed by atoms with Crippen molar-refractivity contribution < 1.29 is 14.3 Å². The summed E-state index contributed by atoms with van der Waals surface area (Å²) in [5, 5.41) is 9.81. The molecular formula is C28H26FN5O2. The summed E-state index contributed by atoms with van der Waals surface area (Å²) in [6.45, 7) is 5.73. The lowest BCUT2D eigenvalue weighted by Gasteiger charge is -2.22. The van der Waals surface area contributed by atoms with Crippen LogP contribution in [0.25, 0.3) is 22.3 Å². The molecule has 2 aliphatic heterocycles. The number of aromatic nitrogens is 3. The highest BCUT2D eigenvalue weighted by Gasteiger charge is 2.37. The molecule has 1 atom stereocenters. The molecule has 0 bridgehead atoms. The third-order valence-corrected chi connectivity index (χ3v) is 7.11. The predicted molar refractivity (Wildman–Crippen MR) is 136 cm³/mol. The van der Waals surface area contributed by atoms with Gasteiger partial charge in [0.15, 0.2) is 5.82 Å². The van der Waals surface area contributed by atoms with E-state index in [4.69, 9.17) is 4.98 Å². The first kappa shape index (κ1) is 22.5. The second-order valence-corrected chi connectivity index (χ2v) is 10.2. The second kappa shape index (κ2) is 8.34. The molecule has 0 aliphatic carbocycles. The van der Waals surface area contributed by atoms with Gasteiger partial charge in [0.2, 0.25) is 0 Å². The lowest BCUT2D eigenvalue weighted by Crippen LogP contribution is -2.29. The molecule has 2 aliphatic rings. The fourth-order valence-electron chi connectivity index (χ4n) is 5.25. The van der Waals surface area contributed by atoms with Crippen molar-refractivity contribution in [3.8, 4) is 11.3 Å². The molecule has 2 aromatic heterocycles. The van der Waals surface area contributed by atoms with Gasteiger partial charge in [-0.2, -0.15) is 0 Å². The zero-order chi connectivity index (χ0) is 25.0. The van der Waals surface area contributed by atoms with Crippen molar-refractivity contribution in [1.29, 1.82) is 0 Å². The SMILES string of the molecule is CC1(C)CN(c2ncnc3ccc(-c4cccc(C(=O)N5CC[C@@H](O)C5)c4)nc23)c2ccc(F)cc21. The number of β-amino-alcohol motifs (C(OH)–C–C–N with tert-alkyl or cyclic N) is 1. The zero-order valence-corrected chi connectivity index (χ0v) is 20.1. The first-order valence-electron chi connectivity index (χ1n) is 12.1. The van der Waals surface area contributed by atoms with Gasteiger partial charge in [-0.25, -0.2) is 19.3 Å². The van der Waals surface area contributed by atoms with E-state index in [0.717, 1.165) is 16.8 Å². The highest BCUT2D eigenvalue weighted by Crippen LogP contribution is 2.45. The highest BCUT2D eigenvalue weighted by atomic mass is 19.1. The van der Waals surface area contributed by atoms with Crippen molar-refractivity contribution in [1.82, 2.24) is 19.9 Å². The monoisotopic (exact) mass is 483 g/mol. The largest absolute Gasteiger partial charge is 0.391 e. The number of rotatable bonds is 3. The summed E-state index contributed by atoms with van der Waals surface area (Å²) in [6.07, 6.45) is 1.66. The molecule has 182 valence electrons. The van der Waals surface area contributed by atoms with Gasteiger partial charge in [-0.05, 0) is 54.4 Å². The van der Waals surface area contributed by atoms with Crippen molar-refractivity contribution in [3.63, 3.8) is 0 Å². The Hall–Kier alpha value is -3.91. The maximum atomic E-state index is 14.0. The van der Waals surface area contributed by atoms with Gasteiger partial charge in [0.25, 0.3) is 5.91 Å². The summed E-state index contributed by atoms with van der Waals surface area (Å²) in [6, 6.07) is 16.0. The van der Waals surface area contributed by atoms with E-state index in [2.05, 4.69) is 28.7 Å². The minimum Gasteiger partial charge on any atom is -0.391 e. The molecule has 1 N–H and O–H groups in total. The number of aliphatic hydroxyl groups is 1. The van der Waals surface area contributed by atoms with Crippen molar-refractivity contribution in [3.05, 3.63) is 77.9 Å². The number of amides is 1. The number of hydrogen-bond donors (Lipinski definition) is 1. The van der Waals surface area contributed by atoms with Crippen LogP contribution in [0.3, 0.4) is 0 Å². The van der Waals surface area contributed by atoms with Gasteiger partial charge >= 0.3 is 0 Å². The number of halogens is 1. The molecule has 1 saturated heterocycles. The summed E-state index contributed by atoms with van der Waals surface area (Å²) in [5.74, 6) is 0.314. The molecule has 0 spiro atoms. The molecule has 7 nitrogen and oxygen atoms in total. The number of benzene rings is 2. The first-order valence-corrected chi connectivity index (χ1v) is 12.1. The summed E-state index contributed by atoms with van der Waals surface area (Å²) >= 11 is 0. The fraction of sp³-hybridized carbons (Fsp3) is 0.286. The van der Waals surface area contributed by atoms with E-state index in [9.17, 15) is 14.3 Å². The average molecular weight is 484 g/mol. The van der Waals surface area contributed by atoms with E-state index in [1.54, 1.807) is 23.1 Å². The van der Waals surface area contributed by atoms with Gasteiger partial charge < -0.3 is 14.9 Å². The van der Waals surface area contributed by atoms with Crippen LogP contribution in [0.2, 0.25) is 0 Å². The summed E-state index contributed by atoms with van der Waals surface area (Å²) in [5.41, 5.74) is 5.00. The van der Waals surface area contributed by atoms with Crippen LogP contribution in [0.15, 0.2) is 60.9 Å². The Bertz CT molecular complexity index is 1500. The molecule has 0 radical (unpaired) electrons. The fourth-order valence-corrected chi connectivity index (χ4v) is 5.25. The highest BCUT2D eigenvalue weighted by molar-refractivity contribution is 5.96. The van der Waals surface area contributed by atoms with Gasteiger partial charge in [0, 0.05) is 41.9 Å². The van der Waals surface area contributed by atoms with Crippen LogP contribution in [0, 0.1) is 5.82 Å². The van der Waals surface area contributed by atoms with E-state index >= 15 is 0 Å². The molecule has 2 aromatic carbocycles. The summed E-state index contributed by atoms with van der Waals surface area (Å²) in [7, 11) is 0. The van der Waals surface area contributed by atoms with Gasteiger partial charge in [0.05, 0.1) is 17.3 Å². The normalized spacial score (nSPS) is 18.6. The smallest absolute Gasteiger partial charge is 0.253 e. The molecule has 4 heterocycles. The lowest BCUT2D eigenvalue weighted by molar-refractivity contribution is 0.0765. The van der Waals surface area contributed by atoms with Crippen molar-refractivity contribution in [2.45, 2.75) is 31.8 Å². The zero-order valence-electron chi connectivity index (χ0n) is 20.1. The first-order chi connectivity index (χ1) is 17.3. The van der Waals surface area contributed by atoms with Crippen LogP contribution < -0.4 is 4.90 Å². The van der Waals surface area contributed by atoms with E-state index in [-0.39, 0.29) is 17.1 Å². The molecule has 4 aromatic rings. The standard InChI is InChI=1S/C28H26FN5O2/c1-28(2)15-34(24-9-6-19(29)13-21(24)28)26-25-23(30-16-31-26)8-7-22(32-25)17-4-3-5-18(12-17)27(36)33-11-10-20(35)14-33/h3-9,12-13,16,20,35H,10-11,14-15H2,1-2H3/t20-/m1/s1. The molecule has 8 heteroatoms. The number of nitrogens with zero attached hydrogens (tertiary/aromatic N) is 5. The number of carbonyl (C=O) groups is 1. The average Bonchev–Trinajstić information content (AvgIpc) is 3.43. The van der Waals surface area contributed by atoms with Crippen molar-refractivity contribution in [2.24, 2.45) is 0 Å². The minimum absolute atomic E-state index is 0.0960. The van der Waals surface area contributed by atoms with Crippen molar-refractivity contribution >= 4 is 28.4 Å². The topological polar surface area (TPSA) is 82.5 Å². The number of carbonyl (C=O) groups excluding carboxylic acids is 1. The molecule has 1 fully saturated rings. The molecule has 36 heavy (non-hydrogen) atoms. The van der Waals surface area contributed by atoms with Gasteiger partial charge in [-0.1, -0.05) is 26.0 Å². The molecular weight excluding hydrogens is 457 g/mol. The Balaban J connectivity index is 1.41. The summed E-state index contributed by atoms with van der Waals surface area (Å²) < 4.78 is 14.0. The van der Waals surface area contributed by atoms with Gasteiger partial charge in [-0.3, -0.25) is 4.79 Å². The number of fused-ring (bicyclic) bond motifs is 2. The van der Waals surface area contributed by atoms with Crippen LogP contribution in [0.1, 0.15) is 36.2 Å². The Labute approximate surface area is 208 Å². The molecule has 1 amide bonds. The Morgan fingerprint density at radius 1 is 1.11 bits per heavy atom. The minimum atomic E-state index is -0.463. The second-order valence-electron chi connectivity index (χ2n) is 10.2. The Kier molecular flexibility index (Phi) is 5.22. The number of aliphatic hydroxyl groups excluding tert-OH is 1. The van der Waals surface area contributed by atoms with Gasteiger partial charge in [0.1, 0.15) is 17.7 Å². The quantitative estimate of drug-likeness (QED) is 0.463. The Morgan fingerprint density at radius 2 is 1.97 bits per heavy atom. The number of hydrogen-bond acceptors (Lipinski definition) is 6. The Morgan fingerprint density at radius 3 is 2.78 bits per heavy atom. The van der Waals surface area contributed by atoms with Crippen LogP contribution in [-0.2, 0) is 5.41 Å². The van der Waals surface area contributed by atoms with Crippen LogP contribution >= 0.6 is 0 Å². The maximum absolute atomic E-state index is 14.0. The number of pyridine rings is 1. The van der Waals surface area contributed by atoms with Crippen LogP contribution in [-0.4, -0.2) is 56.6 Å². The number of anilines is 2. The predicted octanol–water partition coefficient (Wildman–Crippen LogP) is 4.47. The van der Waals surface area contributed by atoms with E-state index in [0.29, 0.717) is 54.2 Å². The third-order valence-electron chi connectivity index (χ3n) is 7.11. The lowest BCUT2D eigenvalue weighted by atomic mass is 9.87. The van der Waals surface area contributed by atoms with E-state index < -0.39 is 6.10 Å².